The van der Waals surface area contributed by atoms with Gasteiger partial charge in [-0.3, -0.25) is 9.69 Å². The second kappa shape index (κ2) is 7.75. The molecule has 29 heavy (non-hydrogen) atoms. The van der Waals surface area contributed by atoms with E-state index >= 15 is 0 Å². The van der Waals surface area contributed by atoms with Crippen molar-refractivity contribution >= 4 is 23.4 Å². The van der Waals surface area contributed by atoms with Gasteiger partial charge in [-0.1, -0.05) is 36.9 Å². The Hall–Kier alpha value is -3.07. The highest BCUT2D eigenvalue weighted by molar-refractivity contribution is 7.99. The average molecular weight is 414 g/mol. The molecule has 0 saturated heterocycles. The van der Waals surface area contributed by atoms with Crippen molar-refractivity contribution in [1.29, 1.82) is 0 Å². The van der Waals surface area contributed by atoms with Crippen molar-refractivity contribution in [2.45, 2.75) is 25.2 Å². The molecule has 1 aliphatic heterocycles. The molecule has 0 fully saturated rings. The predicted molar refractivity (Wildman–Crippen MR) is 105 cm³/mol. The maximum absolute atomic E-state index is 14.6. The summed E-state index contributed by atoms with van der Waals surface area (Å²) >= 11 is 1.37. The Bertz CT molecular complexity index is 1100. The van der Waals surface area contributed by atoms with Crippen molar-refractivity contribution in [3.63, 3.8) is 0 Å². The first kappa shape index (κ1) is 19.3. The van der Waals surface area contributed by atoms with Gasteiger partial charge in [-0.2, -0.15) is 4.98 Å². The van der Waals surface area contributed by atoms with E-state index in [0.29, 0.717) is 22.1 Å². The fourth-order valence-electron chi connectivity index (χ4n) is 3.15. The number of aromatic nitrogens is 3. The van der Waals surface area contributed by atoms with Gasteiger partial charge in [0.1, 0.15) is 11.6 Å². The Morgan fingerprint density at radius 3 is 2.76 bits per heavy atom. The number of hydrogen-bond acceptors (Lipinski definition) is 6. The Balaban J connectivity index is 1.98. The molecule has 2 aromatic carbocycles. The zero-order valence-corrected chi connectivity index (χ0v) is 16.4. The quantitative estimate of drug-likeness (QED) is 0.593. The smallest absolute Gasteiger partial charge is 0.247 e. The monoisotopic (exact) mass is 414 g/mol. The summed E-state index contributed by atoms with van der Waals surface area (Å²) in [4.78, 5) is 18.2. The lowest BCUT2D eigenvalue weighted by Crippen LogP contribution is -2.36. The summed E-state index contributed by atoms with van der Waals surface area (Å²) in [5, 5.41) is 8.73. The second-order valence-corrected chi connectivity index (χ2v) is 7.45. The van der Waals surface area contributed by atoms with Crippen LogP contribution in [0.15, 0.2) is 47.6 Å². The molecule has 2 heterocycles. The van der Waals surface area contributed by atoms with Crippen LogP contribution in [0.1, 0.15) is 25.6 Å². The Kier molecular flexibility index (Phi) is 5.14. The van der Waals surface area contributed by atoms with Gasteiger partial charge < -0.3 is 4.74 Å². The van der Waals surface area contributed by atoms with Gasteiger partial charge in [0.25, 0.3) is 0 Å². The summed E-state index contributed by atoms with van der Waals surface area (Å²) in [6.07, 6.45) is -1.26. The minimum atomic E-state index is -1.26. The summed E-state index contributed by atoms with van der Waals surface area (Å²) in [7, 11) is 0. The molecule has 9 heteroatoms. The highest BCUT2D eigenvalue weighted by atomic mass is 32.2. The number of hydrogen-bond donors (Lipinski definition) is 0. The predicted octanol–water partition coefficient (Wildman–Crippen LogP) is 4.37. The molecule has 1 amide bonds. The van der Waals surface area contributed by atoms with Crippen LogP contribution in [0.4, 0.5) is 14.5 Å². The number of nitrogens with zero attached hydrogens (tertiary/aromatic N) is 4. The zero-order valence-electron chi connectivity index (χ0n) is 15.6. The Labute approximate surface area is 169 Å². The largest absolute Gasteiger partial charge is 0.447 e. The van der Waals surface area contributed by atoms with Crippen molar-refractivity contribution in [3.8, 4) is 17.1 Å². The molecular formula is C20H16F2N4O2S. The first-order chi connectivity index (χ1) is 14.0. The molecular weight excluding hydrogens is 398 g/mol. The summed E-state index contributed by atoms with van der Waals surface area (Å²) in [6, 6.07) is 9.98. The number of anilines is 1. The van der Waals surface area contributed by atoms with E-state index in [2.05, 4.69) is 15.2 Å². The molecule has 4 rings (SSSR count). The van der Waals surface area contributed by atoms with Crippen LogP contribution in [0, 0.1) is 11.6 Å². The van der Waals surface area contributed by atoms with Gasteiger partial charge in [0.2, 0.25) is 23.2 Å². The van der Waals surface area contributed by atoms with Gasteiger partial charge in [-0.25, -0.2) is 8.78 Å². The molecule has 0 aliphatic carbocycles. The van der Waals surface area contributed by atoms with E-state index in [1.54, 1.807) is 24.3 Å². The molecule has 0 saturated carbocycles. The fraction of sp³-hybridized carbons (Fsp3) is 0.200. The molecule has 0 N–H and O–H groups in total. The first-order valence-corrected chi connectivity index (χ1v) is 9.86. The lowest BCUT2D eigenvalue weighted by molar-refractivity contribution is -0.118. The average Bonchev–Trinajstić information content (AvgIpc) is 2.84. The molecule has 1 atom stereocenters. The van der Waals surface area contributed by atoms with E-state index in [1.807, 2.05) is 6.92 Å². The lowest BCUT2D eigenvalue weighted by Gasteiger charge is -2.30. The third-order valence-electron chi connectivity index (χ3n) is 4.35. The maximum atomic E-state index is 14.6. The van der Waals surface area contributed by atoms with Crippen molar-refractivity contribution < 1.29 is 18.3 Å². The summed E-state index contributed by atoms with van der Waals surface area (Å²) < 4.78 is 34.6. The number of para-hydroxylation sites is 1. The van der Waals surface area contributed by atoms with Crippen LogP contribution in [0.3, 0.4) is 0 Å². The number of carbonyl (C=O) groups excluding carboxylic acids is 1. The van der Waals surface area contributed by atoms with Crippen LogP contribution >= 0.6 is 11.8 Å². The number of carbonyl (C=O) groups is 1. The molecule has 0 spiro atoms. The van der Waals surface area contributed by atoms with E-state index in [9.17, 15) is 13.6 Å². The second-order valence-electron chi connectivity index (χ2n) is 6.22. The third kappa shape index (κ3) is 3.53. The van der Waals surface area contributed by atoms with Gasteiger partial charge in [-0.05, 0) is 30.0 Å². The van der Waals surface area contributed by atoms with Crippen LogP contribution in [0.5, 0.6) is 5.88 Å². The molecule has 0 bridgehead atoms. The number of benzene rings is 2. The van der Waals surface area contributed by atoms with E-state index < -0.39 is 23.8 Å². The van der Waals surface area contributed by atoms with Crippen LogP contribution in [0.2, 0.25) is 0 Å². The number of rotatable bonds is 3. The minimum absolute atomic E-state index is 0.0980. The van der Waals surface area contributed by atoms with Gasteiger partial charge in [0.15, 0.2) is 5.69 Å². The number of fused-ring (bicyclic) bond motifs is 3. The topological polar surface area (TPSA) is 68.2 Å². The summed E-state index contributed by atoms with van der Waals surface area (Å²) in [6.45, 7) is 3.27. The van der Waals surface area contributed by atoms with Gasteiger partial charge in [0, 0.05) is 12.5 Å². The van der Waals surface area contributed by atoms with Gasteiger partial charge in [0.05, 0.1) is 11.3 Å². The maximum Gasteiger partial charge on any atom is 0.247 e. The lowest BCUT2D eigenvalue weighted by atomic mass is 10.1. The standard InChI is InChI=1S/C20H16F2N4O2S/c1-3-29-20-23-18-17(24-25-20)13-6-4-5-7-16(13)26(11(2)27)19(28-18)14-10-12(21)8-9-15(14)22/h4-10,19H,3H2,1-2H3. The number of halogens is 2. The van der Waals surface area contributed by atoms with Crippen molar-refractivity contribution in [3.05, 3.63) is 59.7 Å². The molecule has 3 aromatic rings. The van der Waals surface area contributed by atoms with Crippen molar-refractivity contribution in [2.75, 3.05) is 10.7 Å². The van der Waals surface area contributed by atoms with Crippen LogP contribution in [0.25, 0.3) is 11.3 Å². The third-order valence-corrected chi connectivity index (χ3v) is 5.07. The highest BCUT2D eigenvalue weighted by Gasteiger charge is 2.36. The van der Waals surface area contributed by atoms with Crippen molar-refractivity contribution in [2.24, 2.45) is 0 Å². The van der Waals surface area contributed by atoms with Crippen LogP contribution < -0.4 is 9.64 Å². The SMILES string of the molecule is CCSc1nnc2c(n1)OC(c1cc(F)ccc1F)N(C(C)=O)c1ccccc1-2. The Morgan fingerprint density at radius 1 is 1.21 bits per heavy atom. The number of ether oxygens (including phenoxy) is 1. The number of thioether (sulfide) groups is 1. The summed E-state index contributed by atoms with van der Waals surface area (Å²) in [5.41, 5.74) is 1.21. The first-order valence-electron chi connectivity index (χ1n) is 8.88. The molecule has 1 unspecified atom stereocenters. The van der Waals surface area contributed by atoms with Gasteiger partial charge >= 0.3 is 0 Å². The van der Waals surface area contributed by atoms with Gasteiger partial charge in [-0.15, -0.1) is 10.2 Å². The van der Waals surface area contributed by atoms with E-state index in [4.69, 9.17) is 4.74 Å². The molecule has 148 valence electrons. The molecule has 6 nitrogen and oxygen atoms in total. The van der Waals surface area contributed by atoms with Crippen LogP contribution in [-0.2, 0) is 4.79 Å². The normalized spacial score (nSPS) is 15.2. The molecule has 1 aliphatic rings. The summed E-state index contributed by atoms with van der Waals surface area (Å²) in [5.74, 6) is -0.933. The van der Waals surface area contributed by atoms with Crippen molar-refractivity contribution in [1.82, 2.24) is 15.2 Å². The van der Waals surface area contributed by atoms with Crippen LogP contribution in [-0.4, -0.2) is 26.8 Å². The zero-order chi connectivity index (χ0) is 20.5. The van der Waals surface area contributed by atoms with E-state index in [-0.39, 0.29) is 11.4 Å². The fourth-order valence-corrected chi connectivity index (χ4v) is 3.65. The minimum Gasteiger partial charge on any atom is -0.447 e. The number of amides is 1. The highest BCUT2D eigenvalue weighted by Crippen LogP contribution is 2.43. The Morgan fingerprint density at radius 2 is 2.00 bits per heavy atom. The molecule has 0 radical (unpaired) electrons. The van der Waals surface area contributed by atoms with E-state index in [1.165, 1.54) is 23.6 Å². The van der Waals surface area contributed by atoms with E-state index in [0.717, 1.165) is 24.0 Å². The molecule has 1 aromatic heterocycles.